The zero-order valence-electron chi connectivity index (χ0n) is 14.0. The summed E-state index contributed by atoms with van der Waals surface area (Å²) in [5.41, 5.74) is 1.70. The van der Waals surface area contributed by atoms with E-state index in [1.807, 2.05) is 42.5 Å². The van der Waals surface area contributed by atoms with Gasteiger partial charge in [0.2, 0.25) is 0 Å². The highest BCUT2D eigenvalue weighted by Gasteiger charge is 2.29. The van der Waals surface area contributed by atoms with E-state index in [1.54, 1.807) is 25.3 Å². The van der Waals surface area contributed by atoms with E-state index >= 15 is 0 Å². The van der Waals surface area contributed by atoms with Crippen molar-refractivity contribution in [2.75, 3.05) is 7.05 Å². The first kappa shape index (κ1) is 17.7. The Hall–Kier alpha value is -3.12. The zero-order chi connectivity index (χ0) is 18.5. The largest absolute Gasteiger partial charge is 0.478 e. The molecule has 1 N–H and O–H groups in total. The van der Waals surface area contributed by atoms with Crippen LogP contribution in [0.3, 0.4) is 0 Å². The SMILES string of the molecule is CN1C(=O)/C(=C\C=C\c2ccccc2)SC1=Nc1cccc(C(=O)O)c1. The van der Waals surface area contributed by atoms with Gasteiger partial charge in [0, 0.05) is 7.05 Å². The van der Waals surface area contributed by atoms with Crippen LogP contribution in [0.15, 0.2) is 76.6 Å². The van der Waals surface area contributed by atoms with E-state index in [9.17, 15) is 9.59 Å². The number of hydrogen-bond donors (Lipinski definition) is 1. The van der Waals surface area contributed by atoms with Gasteiger partial charge in [0.15, 0.2) is 5.17 Å². The minimum absolute atomic E-state index is 0.138. The number of amides is 1. The Morgan fingerprint density at radius 3 is 2.65 bits per heavy atom. The van der Waals surface area contributed by atoms with Crippen LogP contribution in [0.25, 0.3) is 6.08 Å². The van der Waals surface area contributed by atoms with Crippen molar-refractivity contribution >= 4 is 40.6 Å². The van der Waals surface area contributed by atoms with Gasteiger partial charge in [0.05, 0.1) is 16.2 Å². The molecular weight excluding hydrogens is 348 g/mol. The number of thioether (sulfide) groups is 1. The molecule has 0 bridgehead atoms. The van der Waals surface area contributed by atoms with Crippen LogP contribution in [0, 0.1) is 0 Å². The van der Waals surface area contributed by atoms with Crippen molar-refractivity contribution in [1.82, 2.24) is 4.90 Å². The molecular formula is C20H16N2O3S. The Bertz CT molecular complexity index is 933. The summed E-state index contributed by atoms with van der Waals surface area (Å²) in [6.07, 6.45) is 5.51. The van der Waals surface area contributed by atoms with Gasteiger partial charge in [-0.1, -0.05) is 48.6 Å². The molecule has 0 aliphatic carbocycles. The number of nitrogens with zero attached hydrogens (tertiary/aromatic N) is 2. The number of aromatic carboxylic acids is 1. The summed E-state index contributed by atoms with van der Waals surface area (Å²) in [5.74, 6) is -1.15. The van der Waals surface area contributed by atoms with E-state index in [-0.39, 0.29) is 11.5 Å². The summed E-state index contributed by atoms with van der Waals surface area (Å²) in [5, 5.41) is 9.57. The molecule has 0 spiro atoms. The average Bonchev–Trinajstić information content (AvgIpc) is 2.91. The van der Waals surface area contributed by atoms with E-state index in [0.29, 0.717) is 15.8 Å². The van der Waals surface area contributed by atoms with Crippen molar-refractivity contribution in [1.29, 1.82) is 0 Å². The molecule has 0 radical (unpaired) electrons. The molecule has 0 aromatic heterocycles. The topological polar surface area (TPSA) is 70.0 Å². The standard InChI is InChI=1S/C20H16N2O3S/c1-22-18(23)17(12-5-9-14-7-3-2-4-8-14)26-20(22)21-16-11-6-10-15(13-16)19(24)25/h2-13H,1H3,(H,24,25)/b9-5+,17-12+,21-20?. The van der Waals surface area contributed by atoms with Crippen molar-refractivity contribution in [3.8, 4) is 0 Å². The fourth-order valence-electron chi connectivity index (χ4n) is 2.30. The van der Waals surface area contributed by atoms with Crippen molar-refractivity contribution in [3.05, 3.63) is 82.8 Å². The van der Waals surface area contributed by atoms with Gasteiger partial charge >= 0.3 is 5.97 Å². The second-order valence-corrected chi connectivity index (χ2v) is 6.53. The number of aliphatic imine (C=N–C) groups is 1. The lowest BCUT2D eigenvalue weighted by atomic mass is 10.2. The molecule has 0 saturated carbocycles. The van der Waals surface area contributed by atoms with Gasteiger partial charge in [-0.15, -0.1) is 0 Å². The van der Waals surface area contributed by atoms with Crippen LogP contribution in [-0.2, 0) is 4.79 Å². The van der Waals surface area contributed by atoms with E-state index in [0.717, 1.165) is 5.56 Å². The molecule has 5 nitrogen and oxygen atoms in total. The van der Waals surface area contributed by atoms with Gasteiger partial charge in [0.25, 0.3) is 5.91 Å². The predicted octanol–water partition coefficient (Wildman–Crippen LogP) is 4.17. The molecule has 1 aliphatic rings. The van der Waals surface area contributed by atoms with Crippen molar-refractivity contribution in [2.45, 2.75) is 0 Å². The maximum absolute atomic E-state index is 12.4. The Morgan fingerprint density at radius 2 is 1.92 bits per heavy atom. The van der Waals surface area contributed by atoms with Crippen molar-refractivity contribution in [2.24, 2.45) is 4.99 Å². The second kappa shape index (κ2) is 7.84. The summed E-state index contributed by atoms with van der Waals surface area (Å²) in [6.45, 7) is 0. The Kier molecular flexibility index (Phi) is 5.34. The van der Waals surface area contributed by atoms with Crippen LogP contribution in [0.4, 0.5) is 5.69 Å². The van der Waals surface area contributed by atoms with E-state index in [2.05, 4.69) is 4.99 Å². The molecule has 0 atom stereocenters. The second-order valence-electron chi connectivity index (χ2n) is 5.52. The first-order valence-electron chi connectivity index (χ1n) is 7.86. The third-order valence-corrected chi connectivity index (χ3v) is 4.74. The number of allylic oxidation sites excluding steroid dienone is 2. The molecule has 26 heavy (non-hydrogen) atoms. The summed E-state index contributed by atoms with van der Waals surface area (Å²) in [4.78, 5) is 29.8. The van der Waals surface area contributed by atoms with Gasteiger partial charge in [-0.25, -0.2) is 9.79 Å². The summed E-state index contributed by atoms with van der Waals surface area (Å²) >= 11 is 1.26. The van der Waals surface area contributed by atoms with Crippen LogP contribution < -0.4 is 0 Å². The maximum Gasteiger partial charge on any atom is 0.335 e. The molecule has 0 unspecified atom stereocenters. The van der Waals surface area contributed by atoms with Gasteiger partial charge in [-0.05, 0) is 41.6 Å². The van der Waals surface area contributed by atoms with Crippen LogP contribution in [-0.4, -0.2) is 34.1 Å². The first-order chi connectivity index (χ1) is 12.5. The molecule has 1 amide bonds. The van der Waals surface area contributed by atoms with E-state index in [4.69, 9.17) is 5.11 Å². The number of hydrogen-bond acceptors (Lipinski definition) is 4. The van der Waals surface area contributed by atoms with E-state index in [1.165, 1.54) is 28.8 Å². The van der Waals surface area contributed by atoms with Crippen LogP contribution in [0.1, 0.15) is 15.9 Å². The molecule has 1 fully saturated rings. The molecule has 1 aliphatic heterocycles. The number of carboxylic acids is 1. The van der Waals surface area contributed by atoms with Gasteiger partial charge in [-0.2, -0.15) is 0 Å². The molecule has 1 saturated heterocycles. The van der Waals surface area contributed by atoms with Crippen molar-refractivity contribution < 1.29 is 14.7 Å². The normalized spacial score (nSPS) is 17.6. The first-order valence-corrected chi connectivity index (χ1v) is 8.67. The quantitative estimate of drug-likeness (QED) is 0.827. The maximum atomic E-state index is 12.4. The lowest BCUT2D eigenvalue weighted by molar-refractivity contribution is -0.121. The fourth-order valence-corrected chi connectivity index (χ4v) is 3.23. The smallest absolute Gasteiger partial charge is 0.335 e. The minimum Gasteiger partial charge on any atom is -0.478 e. The van der Waals surface area contributed by atoms with Crippen molar-refractivity contribution in [3.63, 3.8) is 0 Å². The van der Waals surface area contributed by atoms with E-state index < -0.39 is 5.97 Å². The zero-order valence-corrected chi connectivity index (χ0v) is 14.8. The predicted molar refractivity (Wildman–Crippen MR) is 104 cm³/mol. The number of carboxylic acid groups (broad SMARTS) is 1. The number of amidine groups is 1. The third-order valence-electron chi connectivity index (χ3n) is 3.66. The van der Waals surface area contributed by atoms with Gasteiger partial charge in [0.1, 0.15) is 0 Å². The highest BCUT2D eigenvalue weighted by atomic mass is 32.2. The van der Waals surface area contributed by atoms with Gasteiger partial charge < -0.3 is 5.11 Å². The fraction of sp³-hybridized carbons (Fsp3) is 0.0500. The molecule has 2 aromatic rings. The third kappa shape index (κ3) is 4.10. The average molecular weight is 364 g/mol. The highest BCUT2D eigenvalue weighted by molar-refractivity contribution is 8.18. The van der Waals surface area contributed by atoms with Gasteiger partial charge in [-0.3, -0.25) is 9.69 Å². The monoisotopic (exact) mass is 364 g/mol. The number of carbonyl (C=O) groups is 2. The molecule has 130 valence electrons. The number of rotatable bonds is 4. The van der Waals surface area contributed by atoms with Crippen LogP contribution in [0.5, 0.6) is 0 Å². The van der Waals surface area contributed by atoms with Crippen LogP contribution in [0.2, 0.25) is 0 Å². The lowest BCUT2D eigenvalue weighted by Crippen LogP contribution is -2.23. The summed E-state index contributed by atoms with van der Waals surface area (Å²) in [6, 6.07) is 16.1. The number of benzene rings is 2. The lowest BCUT2D eigenvalue weighted by Gasteiger charge is -2.07. The molecule has 3 rings (SSSR count). The number of likely N-dealkylation sites (N-methyl/N-ethyl adjacent to an activating group) is 1. The minimum atomic E-state index is -1.01. The van der Waals surface area contributed by atoms with Crippen LogP contribution >= 0.6 is 11.8 Å². The highest BCUT2D eigenvalue weighted by Crippen LogP contribution is 2.31. The molecule has 2 aromatic carbocycles. The summed E-state index contributed by atoms with van der Waals surface area (Å²) < 4.78 is 0. The Labute approximate surface area is 155 Å². The summed E-state index contributed by atoms with van der Waals surface area (Å²) in [7, 11) is 1.65. The molecule has 1 heterocycles. The number of carbonyl (C=O) groups excluding carboxylic acids is 1. The molecule has 6 heteroatoms. The Morgan fingerprint density at radius 1 is 1.15 bits per heavy atom. The Balaban J connectivity index is 1.80.